The van der Waals surface area contributed by atoms with E-state index in [0.717, 1.165) is 19.4 Å². The van der Waals surface area contributed by atoms with Crippen LogP contribution in [-0.4, -0.2) is 29.6 Å². The average Bonchev–Trinajstić information content (AvgIpc) is 2.30. The van der Waals surface area contributed by atoms with Gasteiger partial charge in [0.2, 0.25) is 5.91 Å². The second-order valence-corrected chi connectivity index (χ2v) is 5.21. The molecule has 0 radical (unpaired) electrons. The maximum absolute atomic E-state index is 12.3. The average molecular weight is 208 g/mol. The largest absolute Gasteiger partial charge is 0.327 e. The molecule has 3 fully saturated rings. The van der Waals surface area contributed by atoms with Gasteiger partial charge in [-0.25, -0.2) is 0 Å². The quantitative estimate of drug-likeness (QED) is 0.654. The van der Waals surface area contributed by atoms with Crippen molar-refractivity contribution in [1.29, 1.82) is 0 Å². The smallest absolute Gasteiger partial charge is 0.228 e. The summed E-state index contributed by atoms with van der Waals surface area (Å²) in [7, 11) is 0. The van der Waals surface area contributed by atoms with Gasteiger partial charge in [-0.2, -0.15) is 0 Å². The van der Waals surface area contributed by atoms with Crippen LogP contribution in [0.1, 0.15) is 44.9 Å². The third-order valence-corrected chi connectivity index (χ3v) is 4.28. The Hall–Kier alpha value is -0.570. The van der Waals surface area contributed by atoms with Gasteiger partial charge in [0.1, 0.15) is 0 Å². The van der Waals surface area contributed by atoms with Crippen molar-refractivity contribution < 1.29 is 4.79 Å². The summed E-state index contributed by atoms with van der Waals surface area (Å²) in [5.41, 5.74) is 0. The van der Waals surface area contributed by atoms with Gasteiger partial charge < -0.3 is 4.90 Å². The molecule has 3 rings (SSSR count). The van der Waals surface area contributed by atoms with Crippen LogP contribution in [0.25, 0.3) is 0 Å². The first-order valence-electron chi connectivity index (χ1n) is 6.43. The molecular formula is C12H20N2O. The van der Waals surface area contributed by atoms with E-state index in [4.69, 9.17) is 0 Å². The van der Waals surface area contributed by atoms with Gasteiger partial charge in [-0.15, -0.1) is 0 Å². The molecule has 0 aromatic carbocycles. The summed E-state index contributed by atoms with van der Waals surface area (Å²) in [6.45, 7) is 0.986. The van der Waals surface area contributed by atoms with Crippen LogP contribution >= 0.6 is 0 Å². The second-order valence-electron chi connectivity index (χ2n) is 5.21. The van der Waals surface area contributed by atoms with Crippen molar-refractivity contribution in [2.45, 2.75) is 57.2 Å². The van der Waals surface area contributed by atoms with E-state index in [1.54, 1.807) is 0 Å². The van der Waals surface area contributed by atoms with E-state index >= 15 is 0 Å². The Morgan fingerprint density at radius 2 is 1.87 bits per heavy atom. The van der Waals surface area contributed by atoms with Gasteiger partial charge in [-0.3, -0.25) is 10.1 Å². The summed E-state index contributed by atoms with van der Waals surface area (Å²) in [6, 6.07) is 0.491. The SMILES string of the molecule is O=C1[C@@H]2CCCC[C@@H]2N[C@H]2CCCCN12. The second kappa shape index (κ2) is 3.78. The number of hydrogen-bond donors (Lipinski definition) is 1. The highest BCUT2D eigenvalue weighted by Crippen LogP contribution is 2.32. The molecule has 3 nitrogen and oxygen atoms in total. The zero-order chi connectivity index (χ0) is 10.3. The highest BCUT2D eigenvalue weighted by Gasteiger charge is 2.42. The summed E-state index contributed by atoms with van der Waals surface area (Å²) in [5.74, 6) is 0.747. The first-order valence-corrected chi connectivity index (χ1v) is 6.43. The molecule has 0 bridgehead atoms. The molecule has 0 spiro atoms. The summed E-state index contributed by atoms with van der Waals surface area (Å²) in [6.07, 6.45) is 8.86. The molecule has 3 aliphatic rings. The van der Waals surface area contributed by atoms with E-state index in [2.05, 4.69) is 10.2 Å². The maximum atomic E-state index is 12.3. The summed E-state index contributed by atoms with van der Waals surface area (Å²) in [4.78, 5) is 14.4. The number of amides is 1. The predicted octanol–water partition coefficient (Wildman–Crippen LogP) is 1.49. The molecule has 0 unspecified atom stereocenters. The zero-order valence-corrected chi connectivity index (χ0v) is 9.24. The van der Waals surface area contributed by atoms with Crippen LogP contribution in [0.4, 0.5) is 0 Å². The number of nitrogens with one attached hydrogen (secondary N) is 1. The number of carbonyl (C=O) groups excluding carboxylic acids is 1. The third kappa shape index (κ3) is 1.57. The fourth-order valence-electron chi connectivity index (χ4n) is 3.45. The van der Waals surface area contributed by atoms with E-state index in [1.807, 2.05) is 0 Å². The van der Waals surface area contributed by atoms with Crippen molar-refractivity contribution in [3.05, 3.63) is 0 Å². The van der Waals surface area contributed by atoms with Crippen LogP contribution in [-0.2, 0) is 4.79 Å². The Labute approximate surface area is 91.2 Å². The normalized spacial score (nSPS) is 40.9. The van der Waals surface area contributed by atoms with Gasteiger partial charge in [0.05, 0.1) is 12.1 Å². The van der Waals surface area contributed by atoms with Gasteiger partial charge in [0.15, 0.2) is 0 Å². The van der Waals surface area contributed by atoms with E-state index in [1.165, 1.54) is 32.1 Å². The third-order valence-electron chi connectivity index (χ3n) is 4.28. The van der Waals surface area contributed by atoms with Crippen molar-refractivity contribution >= 4 is 5.91 Å². The van der Waals surface area contributed by atoms with Gasteiger partial charge in [0, 0.05) is 12.6 Å². The van der Waals surface area contributed by atoms with Crippen molar-refractivity contribution in [2.75, 3.05) is 6.54 Å². The Morgan fingerprint density at radius 3 is 2.80 bits per heavy atom. The minimum absolute atomic E-state index is 0.299. The first-order chi connectivity index (χ1) is 7.36. The molecule has 15 heavy (non-hydrogen) atoms. The highest BCUT2D eigenvalue weighted by atomic mass is 16.2. The molecule has 1 N–H and O–H groups in total. The molecule has 3 atom stereocenters. The van der Waals surface area contributed by atoms with Crippen LogP contribution in [0.5, 0.6) is 0 Å². The van der Waals surface area contributed by atoms with E-state index < -0.39 is 0 Å². The van der Waals surface area contributed by atoms with Crippen LogP contribution in [0.2, 0.25) is 0 Å². The number of fused-ring (bicyclic) bond motifs is 2. The van der Waals surface area contributed by atoms with Gasteiger partial charge in [-0.05, 0) is 32.1 Å². The van der Waals surface area contributed by atoms with Crippen LogP contribution < -0.4 is 5.32 Å². The number of piperidine rings is 1. The highest BCUT2D eigenvalue weighted by molar-refractivity contribution is 5.81. The van der Waals surface area contributed by atoms with E-state index in [9.17, 15) is 4.79 Å². The summed E-state index contributed by atoms with van der Waals surface area (Å²) >= 11 is 0. The molecule has 2 heterocycles. The van der Waals surface area contributed by atoms with Gasteiger partial charge >= 0.3 is 0 Å². The number of rotatable bonds is 0. The van der Waals surface area contributed by atoms with Crippen LogP contribution in [0, 0.1) is 5.92 Å². The maximum Gasteiger partial charge on any atom is 0.228 e. The lowest BCUT2D eigenvalue weighted by Crippen LogP contribution is -2.64. The standard InChI is InChI=1S/C12H20N2O/c15-12-9-5-1-2-6-10(9)13-11-7-3-4-8-14(11)12/h9-11,13H,1-8H2/t9-,10+,11-/m1/s1. The molecule has 0 aromatic heterocycles. The topological polar surface area (TPSA) is 32.3 Å². The summed E-state index contributed by atoms with van der Waals surface area (Å²) < 4.78 is 0. The van der Waals surface area contributed by atoms with E-state index in [-0.39, 0.29) is 0 Å². The fourth-order valence-corrected chi connectivity index (χ4v) is 3.45. The Bertz CT molecular complexity index is 242. The Balaban J connectivity index is 1.79. The van der Waals surface area contributed by atoms with Gasteiger partial charge in [-0.1, -0.05) is 12.8 Å². The summed E-state index contributed by atoms with van der Waals surface area (Å²) in [5, 5.41) is 3.69. The van der Waals surface area contributed by atoms with Gasteiger partial charge in [0.25, 0.3) is 0 Å². The zero-order valence-electron chi connectivity index (χ0n) is 9.24. The van der Waals surface area contributed by atoms with Crippen molar-refractivity contribution in [3.63, 3.8) is 0 Å². The van der Waals surface area contributed by atoms with E-state index in [0.29, 0.717) is 24.0 Å². The molecular weight excluding hydrogens is 188 g/mol. The molecule has 3 heteroatoms. The molecule has 84 valence electrons. The monoisotopic (exact) mass is 208 g/mol. The number of hydrogen-bond acceptors (Lipinski definition) is 2. The lowest BCUT2D eigenvalue weighted by atomic mass is 9.80. The molecule has 1 aliphatic carbocycles. The molecule has 2 aliphatic heterocycles. The minimum atomic E-state index is 0.299. The van der Waals surface area contributed by atoms with Crippen LogP contribution in [0.15, 0.2) is 0 Å². The number of nitrogens with zero attached hydrogens (tertiary/aromatic N) is 1. The lowest BCUT2D eigenvalue weighted by Gasteiger charge is -2.48. The Morgan fingerprint density at radius 1 is 1.07 bits per heavy atom. The Kier molecular flexibility index (Phi) is 2.43. The van der Waals surface area contributed by atoms with Crippen molar-refractivity contribution in [3.8, 4) is 0 Å². The van der Waals surface area contributed by atoms with Crippen molar-refractivity contribution in [2.24, 2.45) is 5.92 Å². The first kappa shape index (κ1) is 9.64. The molecule has 0 aromatic rings. The molecule has 1 saturated carbocycles. The lowest BCUT2D eigenvalue weighted by molar-refractivity contribution is -0.148. The molecule has 1 amide bonds. The van der Waals surface area contributed by atoms with Crippen LogP contribution in [0.3, 0.4) is 0 Å². The molecule has 2 saturated heterocycles. The number of carbonyl (C=O) groups is 1. The van der Waals surface area contributed by atoms with Crippen molar-refractivity contribution in [1.82, 2.24) is 10.2 Å². The minimum Gasteiger partial charge on any atom is -0.327 e. The fraction of sp³-hybridized carbons (Fsp3) is 0.917. The predicted molar refractivity (Wildman–Crippen MR) is 58.2 cm³/mol.